The molecule has 0 bridgehead atoms. The van der Waals surface area contributed by atoms with Crippen molar-refractivity contribution in [2.45, 2.75) is 51.7 Å². The van der Waals surface area contributed by atoms with Crippen molar-refractivity contribution >= 4 is 11.3 Å². The SMILES string of the molecule is Cc1nc(CN2CC(C3CC3)NCCC2C)cs1. The number of aromatic nitrogens is 1. The van der Waals surface area contributed by atoms with Crippen LogP contribution in [0.15, 0.2) is 5.38 Å². The summed E-state index contributed by atoms with van der Waals surface area (Å²) in [5.74, 6) is 0.940. The number of aryl methyl sites for hydroxylation is 1. The number of hydrogen-bond acceptors (Lipinski definition) is 4. The summed E-state index contributed by atoms with van der Waals surface area (Å²) in [5, 5.41) is 7.13. The van der Waals surface area contributed by atoms with Gasteiger partial charge in [-0.15, -0.1) is 11.3 Å². The van der Waals surface area contributed by atoms with E-state index in [-0.39, 0.29) is 0 Å². The molecule has 1 saturated heterocycles. The van der Waals surface area contributed by atoms with Crippen molar-refractivity contribution in [1.82, 2.24) is 15.2 Å². The molecule has 0 amide bonds. The van der Waals surface area contributed by atoms with Gasteiger partial charge in [-0.05, 0) is 45.6 Å². The van der Waals surface area contributed by atoms with Gasteiger partial charge >= 0.3 is 0 Å². The smallest absolute Gasteiger partial charge is 0.0897 e. The molecule has 0 aromatic carbocycles. The van der Waals surface area contributed by atoms with Gasteiger partial charge < -0.3 is 5.32 Å². The molecule has 2 unspecified atom stereocenters. The monoisotopic (exact) mass is 265 g/mol. The first-order chi connectivity index (χ1) is 8.72. The molecular weight excluding hydrogens is 242 g/mol. The quantitative estimate of drug-likeness (QED) is 0.909. The lowest BCUT2D eigenvalue weighted by Crippen LogP contribution is -2.41. The van der Waals surface area contributed by atoms with Crippen LogP contribution in [-0.2, 0) is 6.54 Å². The summed E-state index contributed by atoms with van der Waals surface area (Å²) >= 11 is 1.77. The summed E-state index contributed by atoms with van der Waals surface area (Å²) in [6.07, 6.45) is 4.11. The molecule has 0 radical (unpaired) electrons. The number of nitrogens with zero attached hydrogens (tertiary/aromatic N) is 2. The fourth-order valence-corrected chi connectivity index (χ4v) is 3.48. The highest BCUT2D eigenvalue weighted by Crippen LogP contribution is 2.34. The van der Waals surface area contributed by atoms with Crippen molar-refractivity contribution in [3.8, 4) is 0 Å². The van der Waals surface area contributed by atoms with Crippen LogP contribution in [0.2, 0.25) is 0 Å². The normalized spacial score (nSPS) is 30.3. The highest BCUT2D eigenvalue weighted by Gasteiger charge is 2.34. The molecule has 1 aromatic rings. The van der Waals surface area contributed by atoms with E-state index in [1.165, 1.54) is 43.1 Å². The van der Waals surface area contributed by atoms with Crippen LogP contribution in [0.5, 0.6) is 0 Å². The molecule has 3 rings (SSSR count). The Kier molecular flexibility index (Phi) is 3.68. The Balaban J connectivity index is 1.66. The van der Waals surface area contributed by atoms with Crippen LogP contribution < -0.4 is 5.32 Å². The molecule has 2 atom stereocenters. The van der Waals surface area contributed by atoms with Crippen molar-refractivity contribution < 1.29 is 0 Å². The molecule has 2 fully saturated rings. The van der Waals surface area contributed by atoms with Crippen LogP contribution in [-0.4, -0.2) is 35.1 Å². The van der Waals surface area contributed by atoms with Gasteiger partial charge in [0.25, 0.3) is 0 Å². The lowest BCUT2D eigenvalue weighted by molar-refractivity contribution is 0.189. The predicted octanol–water partition coefficient (Wildman–Crippen LogP) is 2.41. The van der Waals surface area contributed by atoms with Crippen LogP contribution in [0.3, 0.4) is 0 Å². The van der Waals surface area contributed by atoms with Gasteiger partial charge in [-0.2, -0.15) is 0 Å². The molecule has 0 spiro atoms. The largest absolute Gasteiger partial charge is 0.312 e. The summed E-state index contributed by atoms with van der Waals surface area (Å²) in [7, 11) is 0. The Morgan fingerprint density at radius 3 is 2.94 bits per heavy atom. The summed E-state index contributed by atoms with van der Waals surface area (Å²) in [6.45, 7) is 7.85. The second kappa shape index (κ2) is 5.27. The molecule has 1 aromatic heterocycles. The van der Waals surface area contributed by atoms with Crippen LogP contribution in [0.25, 0.3) is 0 Å². The Bertz CT molecular complexity index is 399. The molecule has 2 aliphatic rings. The minimum atomic E-state index is 0.670. The zero-order valence-corrected chi connectivity index (χ0v) is 12.2. The molecule has 1 saturated carbocycles. The Morgan fingerprint density at radius 1 is 1.44 bits per heavy atom. The number of nitrogens with one attached hydrogen (secondary N) is 1. The third kappa shape index (κ3) is 2.92. The summed E-state index contributed by atoms with van der Waals surface area (Å²) in [6, 6.07) is 1.39. The number of rotatable bonds is 3. The third-order valence-electron chi connectivity index (χ3n) is 4.25. The van der Waals surface area contributed by atoms with Gasteiger partial charge in [0.1, 0.15) is 0 Å². The predicted molar refractivity (Wildman–Crippen MR) is 75.9 cm³/mol. The summed E-state index contributed by atoms with van der Waals surface area (Å²) in [4.78, 5) is 7.23. The zero-order valence-electron chi connectivity index (χ0n) is 11.4. The van der Waals surface area contributed by atoms with E-state index in [1.54, 1.807) is 11.3 Å². The van der Waals surface area contributed by atoms with Crippen molar-refractivity contribution in [2.75, 3.05) is 13.1 Å². The summed E-state index contributed by atoms with van der Waals surface area (Å²) < 4.78 is 0. The second-order valence-corrected chi connectivity index (χ2v) is 6.89. The lowest BCUT2D eigenvalue weighted by atomic mass is 10.1. The molecule has 100 valence electrons. The van der Waals surface area contributed by atoms with Gasteiger partial charge in [0.15, 0.2) is 0 Å². The fraction of sp³-hybridized carbons (Fsp3) is 0.786. The molecule has 3 nitrogen and oxygen atoms in total. The van der Waals surface area contributed by atoms with Crippen LogP contribution in [0.1, 0.15) is 36.9 Å². The Labute approximate surface area is 114 Å². The average molecular weight is 265 g/mol. The van der Waals surface area contributed by atoms with E-state index in [0.29, 0.717) is 6.04 Å². The molecule has 2 heterocycles. The second-order valence-electron chi connectivity index (χ2n) is 5.82. The van der Waals surface area contributed by atoms with Crippen molar-refractivity contribution in [3.63, 3.8) is 0 Å². The molecule has 18 heavy (non-hydrogen) atoms. The van der Waals surface area contributed by atoms with Gasteiger partial charge in [-0.1, -0.05) is 0 Å². The molecule has 1 aliphatic carbocycles. The van der Waals surface area contributed by atoms with Crippen molar-refractivity contribution in [2.24, 2.45) is 5.92 Å². The highest BCUT2D eigenvalue weighted by molar-refractivity contribution is 7.09. The maximum Gasteiger partial charge on any atom is 0.0897 e. The number of thiazole rings is 1. The fourth-order valence-electron chi connectivity index (χ4n) is 2.88. The molecule has 1 N–H and O–H groups in total. The average Bonchev–Trinajstić information content (AvgIpc) is 3.11. The topological polar surface area (TPSA) is 28.2 Å². The van der Waals surface area contributed by atoms with Crippen molar-refractivity contribution in [1.29, 1.82) is 0 Å². The Morgan fingerprint density at radius 2 is 2.28 bits per heavy atom. The first kappa shape index (κ1) is 12.6. The standard InChI is InChI=1S/C14H23N3S/c1-10-5-6-15-14(12-3-4-12)8-17(10)7-13-9-18-11(2)16-13/h9-10,12,14-15H,3-8H2,1-2H3. The lowest BCUT2D eigenvalue weighted by Gasteiger charge is -2.28. The minimum absolute atomic E-state index is 0.670. The van der Waals surface area contributed by atoms with E-state index < -0.39 is 0 Å². The van der Waals surface area contributed by atoms with E-state index in [4.69, 9.17) is 0 Å². The van der Waals surface area contributed by atoms with Gasteiger partial charge in [0.2, 0.25) is 0 Å². The Hall–Kier alpha value is -0.450. The van der Waals surface area contributed by atoms with Gasteiger partial charge in [-0.3, -0.25) is 4.90 Å². The van der Waals surface area contributed by atoms with Crippen LogP contribution >= 0.6 is 11.3 Å². The number of hydrogen-bond donors (Lipinski definition) is 1. The summed E-state index contributed by atoms with van der Waals surface area (Å²) in [5.41, 5.74) is 1.25. The van der Waals surface area contributed by atoms with E-state index >= 15 is 0 Å². The van der Waals surface area contributed by atoms with Gasteiger partial charge in [0, 0.05) is 30.6 Å². The van der Waals surface area contributed by atoms with Gasteiger partial charge in [0.05, 0.1) is 10.7 Å². The molecule has 4 heteroatoms. The minimum Gasteiger partial charge on any atom is -0.312 e. The highest BCUT2D eigenvalue weighted by atomic mass is 32.1. The van der Waals surface area contributed by atoms with Gasteiger partial charge in [-0.25, -0.2) is 4.98 Å². The maximum atomic E-state index is 4.61. The van der Waals surface area contributed by atoms with Crippen LogP contribution in [0, 0.1) is 12.8 Å². The van der Waals surface area contributed by atoms with E-state index in [0.717, 1.165) is 18.5 Å². The first-order valence-corrected chi connectivity index (χ1v) is 7.99. The third-order valence-corrected chi connectivity index (χ3v) is 5.07. The van der Waals surface area contributed by atoms with Crippen LogP contribution in [0.4, 0.5) is 0 Å². The molecular formula is C14H23N3S. The first-order valence-electron chi connectivity index (χ1n) is 7.11. The maximum absolute atomic E-state index is 4.61. The molecule has 1 aliphatic heterocycles. The zero-order chi connectivity index (χ0) is 12.5. The van der Waals surface area contributed by atoms with Crippen molar-refractivity contribution in [3.05, 3.63) is 16.1 Å². The van der Waals surface area contributed by atoms with E-state index in [2.05, 4.69) is 34.4 Å². The van der Waals surface area contributed by atoms with E-state index in [9.17, 15) is 0 Å². The van der Waals surface area contributed by atoms with E-state index in [1.807, 2.05) is 0 Å².